The molecule has 0 heterocycles. The third-order valence-corrected chi connectivity index (χ3v) is 4.15. The lowest BCUT2D eigenvalue weighted by atomic mass is 10.1. The molecular formula is C16H18N2S2. The summed E-state index contributed by atoms with van der Waals surface area (Å²) in [4.78, 5) is 1.53. The van der Waals surface area contributed by atoms with Crippen LogP contribution >= 0.6 is 24.0 Å². The van der Waals surface area contributed by atoms with Crippen molar-refractivity contribution in [2.45, 2.75) is 17.9 Å². The standard InChI is InChI=1S/C16H18N2S2/c1-11(12-7-4-3-5-8-12)18-13-9-6-10-14(20-2)15(13)16(17)19/h3-11,18H,1-2H3,(H2,17,19). The Balaban J connectivity index is 2.32. The fourth-order valence-corrected chi connectivity index (χ4v) is 3.06. The van der Waals surface area contributed by atoms with E-state index < -0.39 is 0 Å². The molecule has 0 aliphatic rings. The molecule has 0 radical (unpaired) electrons. The fraction of sp³-hybridized carbons (Fsp3) is 0.188. The molecule has 3 N–H and O–H groups in total. The monoisotopic (exact) mass is 302 g/mol. The van der Waals surface area contributed by atoms with Crippen LogP contribution in [0, 0.1) is 0 Å². The number of benzene rings is 2. The summed E-state index contributed by atoms with van der Waals surface area (Å²) in [5, 5.41) is 3.50. The van der Waals surface area contributed by atoms with Crippen LogP contribution in [0.15, 0.2) is 53.4 Å². The number of thiocarbonyl (C=S) groups is 1. The Morgan fingerprint density at radius 2 is 1.85 bits per heavy atom. The third kappa shape index (κ3) is 3.32. The molecule has 0 fully saturated rings. The van der Waals surface area contributed by atoms with Crippen molar-refractivity contribution < 1.29 is 0 Å². The van der Waals surface area contributed by atoms with Gasteiger partial charge in [0, 0.05) is 22.2 Å². The molecule has 2 nitrogen and oxygen atoms in total. The number of nitrogens with one attached hydrogen (secondary N) is 1. The first-order valence-electron chi connectivity index (χ1n) is 6.41. The third-order valence-electron chi connectivity index (χ3n) is 3.16. The van der Waals surface area contributed by atoms with E-state index >= 15 is 0 Å². The molecule has 1 atom stereocenters. The molecule has 0 saturated carbocycles. The molecule has 0 amide bonds. The molecule has 0 aliphatic heterocycles. The van der Waals surface area contributed by atoms with E-state index in [1.807, 2.05) is 42.7 Å². The maximum absolute atomic E-state index is 5.88. The summed E-state index contributed by atoms with van der Waals surface area (Å²) >= 11 is 6.85. The Kier molecular flexibility index (Phi) is 5.04. The molecule has 4 heteroatoms. The summed E-state index contributed by atoms with van der Waals surface area (Å²) < 4.78 is 0. The van der Waals surface area contributed by atoms with Gasteiger partial charge < -0.3 is 11.1 Å². The van der Waals surface area contributed by atoms with E-state index in [2.05, 4.69) is 24.4 Å². The molecule has 0 aliphatic carbocycles. The van der Waals surface area contributed by atoms with Crippen LogP contribution < -0.4 is 11.1 Å². The average Bonchev–Trinajstić information content (AvgIpc) is 2.47. The Hall–Kier alpha value is -1.52. The topological polar surface area (TPSA) is 38.0 Å². The van der Waals surface area contributed by atoms with Crippen molar-refractivity contribution in [2.24, 2.45) is 5.73 Å². The number of rotatable bonds is 5. The summed E-state index contributed by atoms with van der Waals surface area (Å²) in [5.74, 6) is 0. The van der Waals surface area contributed by atoms with Crippen LogP contribution in [-0.2, 0) is 0 Å². The highest BCUT2D eigenvalue weighted by Gasteiger charge is 2.13. The van der Waals surface area contributed by atoms with E-state index in [0.717, 1.165) is 16.1 Å². The van der Waals surface area contributed by atoms with Crippen LogP contribution in [-0.4, -0.2) is 11.2 Å². The number of thioether (sulfide) groups is 1. The van der Waals surface area contributed by atoms with Crippen molar-refractivity contribution in [3.63, 3.8) is 0 Å². The van der Waals surface area contributed by atoms with Gasteiger partial charge in [-0.15, -0.1) is 11.8 Å². The number of hydrogen-bond donors (Lipinski definition) is 2. The van der Waals surface area contributed by atoms with Crippen molar-refractivity contribution in [3.05, 3.63) is 59.7 Å². The van der Waals surface area contributed by atoms with Crippen molar-refractivity contribution >= 4 is 34.7 Å². The first-order chi connectivity index (χ1) is 9.63. The lowest BCUT2D eigenvalue weighted by Gasteiger charge is -2.19. The molecule has 0 aromatic heterocycles. The number of nitrogens with two attached hydrogens (primary N) is 1. The average molecular weight is 302 g/mol. The Bertz CT molecular complexity index is 597. The van der Waals surface area contributed by atoms with Crippen molar-refractivity contribution in [1.82, 2.24) is 0 Å². The van der Waals surface area contributed by atoms with Crippen molar-refractivity contribution in [3.8, 4) is 0 Å². The number of anilines is 1. The molecule has 0 spiro atoms. The van der Waals surface area contributed by atoms with E-state index in [0.29, 0.717) is 4.99 Å². The predicted molar refractivity (Wildman–Crippen MR) is 92.6 cm³/mol. The highest BCUT2D eigenvalue weighted by molar-refractivity contribution is 7.98. The smallest absolute Gasteiger partial charge is 0.107 e. The second kappa shape index (κ2) is 6.77. The highest BCUT2D eigenvalue weighted by atomic mass is 32.2. The van der Waals surface area contributed by atoms with E-state index in [1.165, 1.54) is 5.56 Å². The molecule has 1 unspecified atom stereocenters. The predicted octanol–water partition coefficient (Wildman–Crippen LogP) is 4.22. The van der Waals surface area contributed by atoms with Crippen LogP contribution in [0.4, 0.5) is 5.69 Å². The molecular weight excluding hydrogens is 284 g/mol. The van der Waals surface area contributed by atoms with E-state index in [4.69, 9.17) is 18.0 Å². The lowest BCUT2D eigenvalue weighted by Crippen LogP contribution is -2.16. The van der Waals surface area contributed by atoms with Gasteiger partial charge in [0.1, 0.15) is 4.99 Å². The first-order valence-corrected chi connectivity index (χ1v) is 8.05. The molecule has 2 rings (SSSR count). The first kappa shape index (κ1) is 14.9. The zero-order valence-electron chi connectivity index (χ0n) is 11.6. The van der Waals surface area contributed by atoms with Crippen LogP contribution in [0.5, 0.6) is 0 Å². The molecule has 2 aromatic carbocycles. The maximum atomic E-state index is 5.88. The minimum absolute atomic E-state index is 0.196. The Morgan fingerprint density at radius 1 is 1.15 bits per heavy atom. The van der Waals surface area contributed by atoms with Crippen molar-refractivity contribution in [1.29, 1.82) is 0 Å². The molecule has 0 bridgehead atoms. The lowest BCUT2D eigenvalue weighted by molar-refractivity contribution is 0.883. The quantitative estimate of drug-likeness (QED) is 0.641. The largest absolute Gasteiger partial charge is 0.389 e. The highest BCUT2D eigenvalue weighted by Crippen LogP contribution is 2.29. The van der Waals surface area contributed by atoms with Gasteiger partial charge in [0.15, 0.2) is 0 Å². The summed E-state index contributed by atoms with van der Waals surface area (Å²) in [7, 11) is 0. The number of hydrogen-bond acceptors (Lipinski definition) is 3. The second-order valence-electron chi connectivity index (χ2n) is 4.52. The maximum Gasteiger partial charge on any atom is 0.107 e. The van der Waals surface area contributed by atoms with Gasteiger partial charge in [0.05, 0.1) is 0 Å². The molecule has 20 heavy (non-hydrogen) atoms. The summed E-state index contributed by atoms with van der Waals surface area (Å²) in [5.41, 5.74) is 9.03. The summed E-state index contributed by atoms with van der Waals surface area (Å²) in [6.45, 7) is 2.13. The van der Waals surface area contributed by atoms with Gasteiger partial charge in [-0.05, 0) is 30.9 Å². The van der Waals surface area contributed by atoms with Crippen LogP contribution in [0.1, 0.15) is 24.1 Å². The van der Waals surface area contributed by atoms with E-state index in [-0.39, 0.29) is 6.04 Å². The normalized spacial score (nSPS) is 11.9. The minimum Gasteiger partial charge on any atom is -0.389 e. The van der Waals surface area contributed by atoms with Gasteiger partial charge in [-0.25, -0.2) is 0 Å². The zero-order chi connectivity index (χ0) is 14.5. The fourth-order valence-electron chi connectivity index (χ4n) is 2.13. The second-order valence-corrected chi connectivity index (χ2v) is 5.81. The van der Waals surface area contributed by atoms with Gasteiger partial charge in [-0.1, -0.05) is 48.6 Å². The SMILES string of the molecule is CSc1cccc(NC(C)c2ccccc2)c1C(N)=S. The van der Waals surface area contributed by atoms with Crippen LogP contribution in [0.25, 0.3) is 0 Å². The van der Waals surface area contributed by atoms with E-state index in [9.17, 15) is 0 Å². The van der Waals surface area contributed by atoms with Gasteiger partial charge in [0.25, 0.3) is 0 Å². The van der Waals surface area contributed by atoms with Crippen LogP contribution in [0.2, 0.25) is 0 Å². The van der Waals surface area contributed by atoms with Gasteiger partial charge in [-0.3, -0.25) is 0 Å². The molecule has 0 saturated heterocycles. The molecule has 104 valence electrons. The zero-order valence-corrected chi connectivity index (χ0v) is 13.2. The Morgan fingerprint density at radius 3 is 2.45 bits per heavy atom. The van der Waals surface area contributed by atoms with Gasteiger partial charge in [0.2, 0.25) is 0 Å². The van der Waals surface area contributed by atoms with Gasteiger partial charge in [-0.2, -0.15) is 0 Å². The Labute approximate surface area is 129 Å². The summed E-state index contributed by atoms with van der Waals surface area (Å²) in [6.07, 6.45) is 2.03. The van der Waals surface area contributed by atoms with Crippen LogP contribution in [0.3, 0.4) is 0 Å². The minimum atomic E-state index is 0.196. The van der Waals surface area contributed by atoms with Crippen molar-refractivity contribution in [2.75, 3.05) is 11.6 Å². The van der Waals surface area contributed by atoms with Gasteiger partial charge >= 0.3 is 0 Å². The van der Waals surface area contributed by atoms with E-state index in [1.54, 1.807) is 11.8 Å². The summed E-state index contributed by atoms with van der Waals surface area (Å²) in [6, 6.07) is 16.6. The molecule has 2 aromatic rings.